The summed E-state index contributed by atoms with van der Waals surface area (Å²) in [5.41, 5.74) is 15.2. The number of benzene rings is 1. The maximum absolute atomic E-state index is 6.03. The van der Waals surface area contributed by atoms with Gasteiger partial charge in [-0.25, -0.2) is 0 Å². The molecule has 0 bridgehead atoms. The molecule has 0 radical (unpaired) electrons. The van der Waals surface area contributed by atoms with Gasteiger partial charge < -0.3 is 11.5 Å². The number of rotatable bonds is 0. The van der Waals surface area contributed by atoms with Crippen LogP contribution in [0.1, 0.15) is 30.0 Å². The Morgan fingerprint density at radius 2 is 2.15 bits per heavy atom. The van der Waals surface area contributed by atoms with Crippen LogP contribution in [-0.2, 0) is 6.42 Å². The molecule has 0 saturated heterocycles. The van der Waals surface area contributed by atoms with Crippen LogP contribution in [-0.4, -0.2) is 0 Å². The van der Waals surface area contributed by atoms with Crippen molar-refractivity contribution in [1.29, 1.82) is 0 Å². The number of nitrogens with two attached hydrogens (primary N) is 2. The molecule has 1 atom stereocenters. The van der Waals surface area contributed by atoms with Crippen LogP contribution in [0.25, 0.3) is 0 Å². The topological polar surface area (TPSA) is 52.0 Å². The zero-order chi connectivity index (χ0) is 9.42. The van der Waals surface area contributed by atoms with Gasteiger partial charge in [-0.05, 0) is 42.5 Å². The molecule has 70 valence electrons. The van der Waals surface area contributed by atoms with Gasteiger partial charge in [0.15, 0.2) is 0 Å². The lowest BCUT2D eigenvalue weighted by Gasteiger charge is -2.23. The van der Waals surface area contributed by atoms with Gasteiger partial charge in [0.25, 0.3) is 0 Å². The number of fused-ring (bicyclic) bond motifs is 1. The number of hydrogen-bond donors (Lipinski definition) is 2. The zero-order valence-electron chi connectivity index (χ0n) is 7.39. The average molecular weight is 241 g/mol. The minimum atomic E-state index is 0.179. The minimum Gasteiger partial charge on any atom is -0.399 e. The van der Waals surface area contributed by atoms with E-state index in [0.717, 1.165) is 23.0 Å². The molecule has 1 aliphatic carbocycles. The quantitative estimate of drug-likeness (QED) is 0.685. The minimum absolute atomic E-state index is 0.179. The molecular weight excluding hydrogens is 228 g/mol. The van der Waals surface area contributed by atoms with Gasteiger partial charge in [0.2, 0.25) is 0 Å². The Labute approximate surface area is 86.4 Å². The van der Waals surface area contributed by atoms with Crippen molar-refractivity contribution in [3.63, 3.8) is 0 Å². The van der Waals surface area contributed by atoms with Crippen LogP contribution in [0.4, 0.5) is 5.69 Å². The largest absolute Gasteiger partial charge is 0.399 e. The van der Waals surface area contributed by atoms with Gasteiger partial charge in [0, 0.05) is 16.2 Å². The third-order valence-corrected chi connectivity index (χ3v) is 3.23. The van der Waals surface area contributed by atoms with E-state index in [-0.39, 0.29) is 6.04 Å². The first-order valence-electron chi connectivity index (χ1n) is 4.52. The van der Waals surface area contributed by atoms with Gasteiger partial charge >= 0.3 is 0 Å². The molecular formula is C10H13BrN2. The third kappa shape index (κ3) is 1.58. The molecule has 0 amide bonds. The van der Waals surface area contributed by atoms with Crippen molar-refractivity contribution in [2.45, 2.75) is 25.3 Å². The predicted molar refractivity (Wildman–Crippen MR) is 58.4 cm³/mol. The monoisotopic (exact) mass is 240 g/mol. The number of nitrogen functional groups attached to an aromatic ring is 1. The van der Waals surface area contributed by atoms with E-state index in [2.05, 4.69) is 15.9 Å². The molecule has 0 unspecified atom stereocenters. The van der Waals surface area contributed by atoms with E-state index < -0.39 is 0 Å². The molecule has 2 rings (SSSR count). The van der Waals surface area contributed by atoms with Crippen molar-refractivity contribution in [2.75, 3.05) is 5.73 Å². The highest BCUT2D eigenvalue weighted by Gasteiger charge is 2.19. The molecule has 1 aromatic carbocycles. The predicted octanol–water partition coefficient (Wildman–Crippen LogP) is 2.37. The van der Waals surface area contributed by atoms with Crippen LogP contribution in [0.5, 0.6) is 0 Å². The van der Waals surface area contributed by atoms with Gasteiger partial charge in [0.05, 0.1) is 0 Å². The summed E-state index contributed by atoms with van der Waals surface area (Å²) in [6.07, 6.45) is 3.35. The van der Waals surface area contributed by atoms with Crippen molar-refractivity contribution in [3.05, 3.63) is 27.7 Å². The SMILES string of the molecule is Nc1cc(Br)c2c(c1)CCC[C@@H]2N. The Balaban J connectivity index is 2.56. The number of aryl methyl sites for hydroxylation is 1. The summed E-state index contributed by atoms with van der Waals surface area (Å²) in [7, 11) is 0. The summed E-state index contributed by atoms with van der Waals surface area (Å²) in [5, 5.41) is 0. The Kier molecular flexibility index (Phi) is 2.30. The van der Waals surface area contributed by atoms with E-state index in [4.69, 9.17) is 11.5 Å². The Hall–Kier alpha value is -0.540. The lowest BCUT2D eigenvalue weighted by Crippen LogP contribution is -2.18. The first-order chi connectivity index (χ1) is 6.18. The molecule has 0 aromatic heterocycles. The summed E-state index contributed by atoms with van der Waals surface area (Å²) in [5.74, 6) is 0. The first kappa shape index (κ1) is 9.03. The van der Waals surface area contributed by atoms with E-state index in [9.17, 15) is 0 Å². The summed E-state index contributed by atoms with van der Waals surface area (Å²) in [4.78, 5) is 0. The fourth-order valence-electron chi connectivity index (χ4n) is 1.98. The molecule has 0 spiro atoms. The second-order valence-corrected chi connectivity index (χ2v) is 4.43. The Morgan fingerprint density at radius 3 is 2.92 bits per heavy atom. The highest BCUT2D eigenvalue weighted by Crippen LogP contribution is 2.35. The molecule has 1 aliphatic rings. The van der Waals surface area contributed by atoms with Crippen LogP contribution in [0.3, 0.4) is 0 Å². The van der Waals surface area contributed by atoms with Crippen molar-refractivity contribution in [1.82, 2.24) is 0 Å². The molecule has 4 N–H and O–H groups in total. The second kappa shape index (κ2) is 3.31. The average Bonchev–Trinajstić information content (AvgIpc) is 2.02. The molecule has 0 heterocycles. The van der Waals surface area contributed by atoms with E-state index in [1.807, 2.05) is 12.1 Å². The molecule has 0 fully saturated rings. The fourth-order valence-corrected chi connectivity index (χ4v) is 2.79. The number of halogens is 1. The summed E-state index contributed by atoms with van der Waals surface area (Å²) in [6.45, 7) is 0. The third-order valence-electron chi connectivity index (χ3n) is 2.57. The van der Waals surface area contributed by atoms with Crippen LogP contribution in [0.2, 0.25) is 0 Å². The van der Waals surface area contributed by atoms with E-state index in [0.29, 0.717) is 0 Å². The van der Waals surface area contributed by atoms with Crippen LogP contribution in [0.15, 0.2) is 16.6 Å². The molecule has 2 nitrogen and oxygen atoms in total. The van der Waals surface area contributed by atoms with E-state index in [1.54, 1.807) is 0 Å². The summed E-state index contributed by atoms with van der Waals surface area (Å²) < 4.78 is 1.06. The zero-order valence-corrected chi connectivity index (χ0v) is 8.97. The normalized spacial score (nSPS) is 21.2. The standard InChI is InChI=1S/C10H13BrN2/c11-8-5-7(12)4-6-2-1-3-9(13)10(6)8/h4-5,9H,1-3,12-13H2/t9-/m0/s1. The van der Waals surface area contributed by atoms with Gasteiger partial charge in [-0.15, -0.1) is 0 Å². The maximum Gasteiger partial charge on any atom is 0.0328 e. The smallest absolute Gasteiger partial charge is 0.0328 e. The summed E-state index contributed by atoms with van der Waals surface area (Å²) in [6, 6.07) is 4.15. The van der Waals surface area contributed by atoms with Gasteiger partial charge in [-0.1, -0.05) is 15.9 Å². The Bertz CT molecular complexity index is 336. The van der Waals surface area contributed by atoms with Gasteiger partial charge in [-0.3, -0.25) is 0 Å². The lowest BCUT2D eigenvalue weighted by atomic mass is 9.88. The van der Waals surface area contributed by atoms with Gasteiger partial charge in [-0.2, -0.15) is 0 Å². The first-order valence-corrected chi connectivity index (χ1v) is 5.31. The number of anilines is 1. The number of hydrogen-bond acceptors (Lipinski definition) is 2. The highest BCUT2D eigenvalue weighted by atomic mass is 79.9. The van der Waals surface area contributed by atoms with E-state index in [1.165, 1.54) is 17.5 Å². The van der Waals surface area contributed by atoms with Crippen molar-refractivity contribution >= 4 is 21.6 Å². The van der Waals surface area contributed by atoms with Gasteiger partial charge in [0.1, 0.15) is 0 Å². The highest BCUT2D eigenvalue weighted by molar-refractivity contribution is 9.10. The fraction of sp³-hybridized carbons (Fsp3) is 0.400. The van der Waals surface area contributed by atoms with Crippen LogP contribution < -0.4 is 11.5 Å². The molecule has 0 aliphatic heterocycles. The van der Waals surface area contributed by atoms with Crippen LogP contribution >= 0.6 is 15.9 Å². The van der Waals surface area contributed by atoms with Crippen LogP contribution in [0, 0.1) is 0 Å². The second-order valence-electron chi connectivity index (χ2n) is 3.57. The van der Waals surface area contributed by atoms with Crippen molar-refractivity contribution < 1.29 is 0 Å². The van der Waals surface area contributed by atoms with Crippen molar-refractivity contribution in [3.8, 4) is 0 Å². The molecule has 3 heteroatoms. The lowest BCUT2D eigenvalue weighted by molar-refractivity contribution is 0.568. The molecule has 13 heavy (non-hydrogen) atoms. The molecule has 1 aromatic rings. The summed E-state index contributed by atoms with van der Waals surface area (Å²) >= 11 is 3.51. The van der Waals surface area contributed by atoms with E-state index >= 15 is 0 Å². The maximum atomic E-state index is 6.03. The van der Waals surface area contributed by atoms with Crippen molar-refractivity contribution in [2.24, 2.45) is 5.73 Å². The molecule has 0 saturated carbocycles. The Morgan fingerprint density at radius 1 is 1.38 bits per heavy atom.